The van der Waals surface area contributed by atoms with Gasteiger partial charge >= 0.3 is 5.69 Å². The Morgan fingerprint density at radius 1 is 1.25 bits per heavy atom. The molecule has 0 spiro atoms. The van der Waals surface area contributed by atoms with Crippen LogP contribution in [0.15, 0.2) is 21.7 Å². The number of aliphatic hydroxyl groups excluding tert-OH is 1. The molecule has 2 heterocycles. The Kier molecular flexibility index (Phi) is 4.70. The summed E-state index contributed by atoms with van der Waals surface area (Å²) >= 11 is 0. The molecular formula is C22H24F3N3O4. The molecular weight excluding hydrogens is 427 g/mol. The van der Waals surface area contributed by atoms with Crippen LogP contribution in [0.3, 0.4) is 0 Å². The van der Waals surface area contributed by atoms with Crippen LogP contribution in [0.4, 0.5) is 18.9 Å². The van der Waals surface area contributed by atoms with Crippen molar-refractivity contribution in [3.8, 4) is 5.75 Å². The normalized spacial score (nSPS) is 26.9. The van der Waals surface area contributed by atoms with Gasteiger partial charge in [-0.1, -0.05) is 12.2 Å². The number of aromatic amines is 1. The zero-order valence-corrected chi connectivity index (χ0v) is 17.7. The SMILES string of the molecule is COc1c(F)c(N2CC3C=CCC(F)(F)C(O)C3C2)c(C)c2c1c(=O)[nH]c(=O)n2C1CC1. The van der Waals surface area contributed by atoms with E-state index in [9.17, 15) is 23.5 Å². The molecule has 172 valence electrons. The largest absolute Gasteiger partial charge is 0.493 e. The molecule has 5 rings (SSSR count). The van der Waals surface area contributed by atoms with Crippen LogP contribution in [0.1, 0.15) is 30.9 Å². The third kappa shape index (κ3) is 2.99. The van der Waals surface area contributed by atoms with E-state index in [4.69, 9.17) is 4.74 Å². The van der Waals surface area contributed by atoms with Gasteiger partial charge in [0, 0.05) is 43.0 Å². The van der Waals surface area contributed by atoms with E-state index in [1.807, 2.05) is 0 Å². The molecule has 7 nitrogen and oxygen atoms in total. The lowest BCUT2D eigenvalue weighted by Gasteiger charge is -2.28. The molecule has 32 heavy (non-hydrogen) atoms. The molecule has 3 unspecified atom stereocenters. The molecule has 1 aliphatic heterocycles. The monoisotopic (exact) mass is 451 g/mol. The summed E-state index contributed by atoms with van der Waals surface area (Å²) in [7, 11) is 1.24. The highest BCUT2D eigenvalue weighted by Crippen LogP contribution is 2.46. The van der Waals surface area contributed by atoms with Gasteiger partial charge in [0.2, 0.25) is 0 Å². The molecule has 1 aromatic heterocycles. The van der Waals surface area contributed by atoms with Crippen LogP contribution in [-0.2, 0) is 0 Å². The lowest BCUT2D eigenvalue weighted by Crippen LogP contribution is -2.41. The van der Waals surface area contributed by atoms with E-state index in [0.29, 0.717) is 11.1 Å². The zero-order valence-electron chi connectivity index (χ0n) is 17.7. The van der Waals surface area contributed by atoms with E-state index in [1.54, 1.807) is 17.9 Å². The van der Waals surface area contributed by atoms with Crippen LogP contribution >= 0.6 is 0 Å². The molecule has 3 aliphatic rings. The molecule has 2 aromatic rings. The lowest BCUT2D eigenvalue weighted by atomic mass is 9.89. The number of rotatable bonds is 3. The second-order valence-corrected chi connectivity index (χ2v) is 8.98. The number of allylic oxidation sites excluding steroid dienone is 1. The summed E-state index contributed by atoms with van der Waals surface area (Å²) in [6, 6.07) is -0.100. The van der Waals surface area contributed by atoms with E-state index in [-0.39, 0.29) is 41.9 Å². The summed E-state index contributed by atoms with van der Waals surface area (Å²) in [6.45, 7) is 1.85. The molecule has 2 fully saturated rings. The zero-order chi connectivity index (χ0) is 22.9. The van der Waals surface area contributed by atoms with Crippen LogP contribution in [0, 0.1) is 24.6 Å². The van der Waals surface area contributed by atoms with Crippen molar-refractivity contribution in [1.82, 2.24) is 9.55 Å². The van der Waals surface area contributed by atoms with E-state index < -0.39 is 41.4 Å². The first-order chi connectivity index (χ1) is 15.2. The number of anilines is 1. The Balaban J connectivity index is 1.71. The lowest BCUT2D eigenvalue weighted by molar-refractivity contribution is -0.127. The minimum atomic E-state index is -3.26. The number of fused-ring (bicyclic) bond motifs is 2. The van der Waals surface area contributed by atoms with Crippen LogP contribution < -0.4 is 20.9 Å². The topological polar surface area (TPSA) is 87.6 Å². The minimum Gasteiger partial charge on any atom is -0.493 e. The number of H-pyrrole nitrogens is 1. The van der Waals surface area contributed by atoms with Gasteiger partial charge in [-0.25, -0.2) is 18.0 Å². The fourth-order valence-corrected chi connectivity index (χ4v) is 5.28. The van der Waals surface area contributed by atoms with Gasteiger partial charge < -0.3 is 14.7 Å². The van der Waals surface area contributed by atoms with Crippen LogP contribution in [0.2, 0.25) is 0 Å². The molecule has 1 saturated carbocycles. The standard InChI is InChI=1S/C22H24F3N3O4/c1-10-16-14(20(30)26-21(31)28(16)12-5-6-12)18(32-2)15(23)17(10)27-8-11-4-3-7-22(24,25)19(29)13(11)9-27/h3-4,11-13,19,29H,5-9H2,1-2H3,(H,26,30,31). The van der Waals surface area contributed by atoms with Gasteiger partial charge in [0.15, 0.2) is 11.6 Å². The Labute approximate surface area is 181 Å². The number of benzene rings is 1. The molecule has 2 aliphatic carbocycles. The summed E-state index contributed by atoms with van der Waals surface area (Å²) < 4.78 is 51.0. The van der Waals surface area contributed by atoms with Crippen molar-refractivity contribution in [2.45, 2.75) is 44.3 Å². The highest BCUT2D eigenvalue weighted by atomic mass is 19.3. The van der Waals surface area contributed by atoms with Crippen LogP contribution in [0.5, 0.6) is 5.75 Å². The third-order valence-corrected chi connectivity index (χ3v) is 6.95. The molecule has 0 bridgehead atoms. The predicted octanol–water partition coefficient (Wildman–Crippen LogP) is 2.49. The second kappa shape index (κ2) is 7.13. The number of hydrogen-bond donors (Lipinski definition) is 2. The summed E-state index contributed by atoms with van der Waals surface area (Å²) in [4.78, 5) is 29.1. The van der Waals surface area contributed by atoms with Crippen molar-refractivity contribution in [3.63, 3.8) is 0 Å². The molecule has 10 heteroatoms. The van der Waals surface area contributed by atoms with Crippen molar-refractivity contribution in [2.75, 3.05) is 25.1 Å². The molecule has 1 saturated heterocycles. The number of halogens is 3. The number of nitrogens with one attached hydrogen (secondary N) is 1. The van der Waals surface area contributed by atoms with Gasteiger partial charge in [0.25, 0.3) is 11.5 Å². The van der Waals surface area contributed by atoms with Gasteiger partial charge in [0.05, 0.1) is 18.3 Å². The Bertz CT molecular complexity index is 1250. The fraction of sp³-hybridized carbons (Fsp3) is 0.545. The van der Waals surface area contributed by atoms with Gasteiger partial charge in [0.1, 0.15) is 11.5 Å². The van der Waals surface area contributed by atoms with Crippen molar-refractivity contribution >= 4 is 16.6 Å². The first-order valence-electron chi connectivity index (χ1n) is 10.7. The van der Waals surface area contributed by atoms with Gasteiger partial charge in [-0.3, -0.25) is 14.3 Å². The number of methoxy groups -OCH3 is 1. The summed E-state index contributed by atoms with van der Waals surface area (Å²) in [5.74, 6) is -5.51. The number of hydrogen-bond acceptors (Lipinski definition) is 5. The van der Waals surface area contributed by atoms with Crippen molar-refractivity contribution < 1.29 is 23.0 Å². The molecule has 2 N–H and O–H groups in total. The van der Waals surface area contributed by atoms with Crippen molar-refractivity contribution in [1.29, 1.82) is 0 Å². The Morgan fingerprint density at radius 3 is 2.62 bits per heavy atom. The van der Waals surface area contributed by atoms with E-state index in [2.05, 4.69) is 4.98 Å². The maximum atomic E-state index is 15.7. The first-order valence-corrected chi connectivity index (χ1v) is 10.7. The Hall–Kier alpha value is -2.75. The summed E-state index contributed by atoms with van der Waals surface area (Å²) in [5.41, 5.74) is -0.544. The van der Waals surface area contributed by atoms with E-state index >= 15 is 4.39 Å². The number of alkyl halides is 2. The predicted molar refractivity (Wildman–Crippen MR) is 112 cm³/mol. The molecule has 1 aromatic carbocycles. The number of aromatic nitrogens is 2. The average Bonchev–Trinajstić information content (AvgIpc) is 3.49. The quantitative estimate of drug-likeness (QED) is 0.701. The summed E-state index contributed by atoms with van der Waals surface area (Å²) in [6.07, 6.45) is 2.15. The average molecular weight is 451 g/mol. The number of aryl methyl sites for hydroxylation is 1. The van der Waals surface area contributed by atoms with E-state index in [0.717, 1.165) is 12.8 Å². The first kappa shape index (κ1) is 21.1. The van der Waals surface area contributed by atoms with Crippen molar-refractivity contribution in [3.05, 3.63) is 44.4 Å². The van der Waals surface area contributed by atoms with Gasteiger partial charge in [-0.2, -0.15) is 0 Å². The maximum absolute atomic E-state index is 15.7. The number of aliphatic hydroxyl groups is 1. The number of nitrogens with zero attached hydrogens (tertiary/aromatic N) is 2. The van der Waals surface area contributed by atoms with Crippen LogP contribution in [-0.4, -0.2) is 46.9 Å². The van der Waals surface area contributed by atoms with Crippen LogP contribution in [0.25, 0.3) is 10.9 Å². The molecule has 3 atom stereocenters. The van der Waals surface area contributed by atoms with Gasteiger partial charge in [-0.05, 0) is 19.8 Å². The van der Waals surface area contributed by atoms with E-state index in [1.165, 1.54) is 17.8 Å². The molecule has 0 radical (unpaired) electrons. The Morgan fingerprint density at radius 2 is 1.97 bits per heavy atom. The highest BCUT2D eigenvalue weighted by Gasteiger charge is 2.50. The van der Waals surface area contributed by atoms with Gasteiger partial charge in [-0.15, -0.1) is 0 Å². The molecule has 0 amide bonds. The number of ether oxygens (including phenoxy) is 1. The summed E-state index contributed by atoms with van der Waals surface area (Å²) in [5, 5.41) is 10.3. The maximum Gasteiger partial charge on any atom is 0.329 e. The minimum absolute atomic E-state index is 0.00896. The second-order valence-electron chi connectivity index (χ2n) is 8.98. The smallest absolute Gasteiger partial charge is 0.329 e. The highest BCUT2D eigenvalue weighted by molar-refractivity contribution is 5.93. The fourth-order valence-electron chi connectivity index (χ4n) is 5.28. The van der Waals surface area contributed by atoms with Crippen molar-refractivity contribution in [2.24, 2.45) is 11.8 Å². The third-order valence-electron chi connectivity index (χ3n) is 6.95.